The van der Waals surface area contributed by atoms with Gasteiger partial charge in [0.2, 0.25) is 10.0 Å². The number of carboxylic acid groups (broad SMARTS) is 1. The number of ether oxygens (including phenoxy) is 1. The van der Waals surface area contributed by atoms with Crippen LogP contribution in [0.5, 0.6) is 5.75 Å². The van der Waals surface area contributed by atoms with Crippen LogP contribution < -0.4 is 14.4 Å². The SMILES string of the molecule is COc1ccc(CN(c2cscn2)S(=O)(=O)Cc2ccc(F)cc2N[C@H]2CCN(C(=O)O)C2)cc1. The summed E-state index contributed by atoms with van der Waals surface area (Å²) in [6.45, 7) is 0.659. The number of hydrogen-bond acceptors (Lipinski definition) is 7. The molecule has 186 valence electrons. The Kier molecular flexibility index (Phi) is 7.41. The Hall–Kier alpha value is -3.38. The summed E-state index contributed by atoms with van der Waals surface area (Å²) in [7, 11) is -2.37. The Morgan fingerprint density at radius 3 is 2.71 bits per heavy atom. The summed E-state index contributed by atoms with van der Waals surface area (Å²) in [6, 6.07) is 10.7. The quantitative estimate of drug-likeness (QED) is 0.439. The van der Waals surface area contributed by atoms with Gasteiger partial charge >= 0.3 is 6.09 Å². The highest BCUT2D eigenvalue weighted by atomic mass is 32.2. The van der Waals surface area contributed by atoms with Crippen molar-refractivity contribution < 1.29 is 27.4 Å². The molecule has 35 heavy (non-hydrogen) atoms. The van der Waals surface area contributed by atoms with Gasteiger partial charge < -0.3 is 20.1 Å². The molecular formula is C23H25FN4O5S2. The predicted molar refractivity (Wildman–Crippen MR) is 132 cm³/mol. The number of nitrogens with one attached hydrogen (secondary N) is 1. The molecule has 3 aromatic rings. The molecule has 0 saturated carbocycles. The Morgan fingerprint density at radius 1 is 1.31 bits per heavy atom. The standard InChI is InChI=1S/C23H25FN4O5S2/c1-33-20-6-2-16(3-7-20)11-28(22-13-34-15-25-22)35(31,32)14-17-4-5-18(24)10-21(17)26-19-8-9-27(12-19)23(29)30/h2-7,10,13,15,19,26H,8-9,11-12,14H2,1H3,(H,29,30)/t19-/m0/s1. The Bertz CT molecular complexity index is 1270. The number of halogens is 1. The lowest BCUT2D eigenvalue weighted by Crippen LogP contribution is -2.33. The molecule has 1 aliphatic heterocycles. The molecule has 1 saturated heterocycles. The highest BCUT2D eigenvalue weighted by molar-refractivity contribution is 7.92. The molecule has 0 radical (unpaired) electrons. The summed E-state index contributed by atoms with van der Waals surface area (Å²) in [5.41, 5.74) is 3.02. The van der Waals surface area contributed by atoms with Gasteiger partial charge in [0.1, 0.15) is 11.6 Å². The van der Waals surface area contributed by atoms with Crippen molar-refractivity contribution in [2.24, 2.45) is 0 Å². The molecule has 2 heterocycles. The minimum Gasteiger partial charge on any atom is -0.497 e. The second-order valence-electron chi connectivity index (χ2n) is 8.12. The van der Waals surface area contributed by atoms with Crippen LogP contribution in [-0.2, 0) is 22.3 Å². The van der Waals surface area contributed by atoms with Crippen LogP contribution in [0.2, 0.25) is 0 Å². The number of thiazole rings is 1. The number of nitrogens with zero attached hydrogens (tertiary/aromatic N) is 3. The van der Waals surface area contributed by atoms with E-state index in [1.54, 1.807) is 42.3 Å². The molecule has 1 fully saturated rings. The third-order valence-corrected chi connectivity index (χ3v) is 7.96. The first kappa shape index (κ1) is 24.7. The molecule has 0 unspecified atom stereocenters. The van der Waals surface area contributed by atoms with Gasteiger partial charge in [-0.15, -0.1) is 11.3 Å². The van der Waals surface area contributed by atoms with Gasteiger partial charge in [-0.2, -0.15) is 0 Å². The average molecular weight is 521 g/mol. The Morgan fingerprint density at radius 2 is 2.09 bits per heavy atom. The van der Waals surface area contributed by atoms with Crippen LogP contribution in [0.15, 0.2) is 53.4 Å². The van der Waals surface area contributed by atoms with E-state index in [0.717, 1.165) is 5.56 Å². The van der Waals surface area contributed by atoms with Crippen molar-refractivity contribution >= 4 is 39.0 Å². The molecule has 2 aromatic carbocycles. The van der Waals surface area contributed by atoms with Gasteiger partial charge in [0, 0.05) is 30.2 Å². The maximum absolute atomic E-state index is 14.1. The first-order chi connectivity index (χ1) is 16.7. The molecule has 0 spiro atoms. The van der Waals surface area contributed by atoms with Gasteiger partial charge in [-0.05, 0) is 41.8 Å². The number of carbonyl (C=O) groups is 1. The number of hydrogen-bond donors (Lipinski definition) is 2. The zero-order valence-electron chi connectivity index (χ0n) is 18.9. The fourth-order valence-electron chi connectivity index (χ4n) is 3.90. The van der Waals surface area contributed by atoms with Crippen molar-refractivity contribution in [3.05, 3.63) is 70.3 Å². The number of likely N-dealkylation sites (tertiary alicyclic amines) is 1. The molecule has 1 aliphatic rings. The van der Waals surface area contributed by atoms with Crippen LogP contribution in [0.4, 0.5) is 20.7 Å². The summed E-state index contributed by atoms with van der Waals surface area (Å²) >= 11 is 1.28. The number of sulfonamides is 1. The number of methoxy groups -OCH3 is 1. The van der Waals surface area contributed by atoms with E-state index in [2.05, 4.69) is 10.3 Å². The molecule has 2 N–H and O–H groups in total. The van der Waals surface area contributed by atoms with E-state index in [0.29, 0.717) is 35.8 Å². The van der Waals surface area contributed by atoms with Crippen molar-refractivity contribution in [2.75, 3.05) is 29.8 Å². The maximum Gasteiger partial charge on any atom is 0.407 e. The largest absolute Gasteiger partial charge is 0.497 e. The van der Waals surface area contributed by atoms with Gasteiger partial charge in [-0.1, -0.05) is 18.2 Å². The predicted octanol–water partition coefficient (Wildman–Crippen LogP) is 3.99. The summed E-state index contributed by atoms with van der Waals surface area (Å²) in [4.78, 5) is 16.7. The van der Waals surface area contributed by atoms with E-state index in [-0.39, 0.29) is 19.1 Å². The van der Waals surface area contributed by atoms with Gasteiger partial charge in [0.15, 0.2) is 5.82 Å². The van der Waals surface area contributed by atoms with Crippen LogP contribution in [0.1, 0.15) is 17.5 Å². The van der Waals surface area contributed by atoms with Crippen LogP contribution in [-0.4, -0.2) is 55.7 Å². The molecule has 1 atom stereocenters. The highest BCUT2D eigenvalue weighted by Gasteiger charge is 2.29. The zero-order valence-corrected chi connectivity index (χ0v) is 20.6. The van der Waals surface area contributed by atoms with E-state index < -0.39 is 27.7 Å². The smallest absolute Gasteiger partial charge is 0.407 e. The summed E-state index contributed by atoms with van der Waals surface area (Å²) in [5, 5.41) is 14.0. The van der Waals surface area contributed by atoms with Crippen molar-refractivity contribution in [1.29, 1.82) is 0 Å². The Labute approximate surface area is 206 Å². The topological polar surface area (TPSA) is 112 Å². The molecule has 1 aromatic heterocycles. The van der Waals surface area contributed by atoms with E-state index in [9.17, 15) is 22.7 Å². The van der Waals surface area contributed by atoms with Crippen LogP contribution in [0, 0.1) is 5.82 Å². The summed E-state index contributed by atoms with van der Waals surface area (Å²) in [5.74, 6) is 0.0532. The molecule has 4 rings (SSSR count). The highest BCUT2D eigenvalue weighted by Crippen LogP contribution is 2.28. The normalized spacial score (nSPS) is 15.7. The molecule has 0 aliphatic carbocycles. The zero-order chi connectivity index (χ0) is 25.0. The lowest BCUT2D eigenvalue weighted by molar-refractivity contribution is 0.155. The molecule has 12 heteroatoms. The summed E-state index contributed by atoms with van der Waals surface area (Å²) < 4.78 is 47.7. The lowest BCUT2D eigenvalue weighted by atomic mass is 10.1. The lowest BCUT2D eigenvalue weighted by Gasteiger charge is -2.24. The van der Waals surface area contributed by atoms with Gasteiger partial charge in [0.05, 0.1) is 24.9 Å². The van der Waals surface area contributed by atoms with Crippen LogP contribution in [0.3, 0.4) is 0 Å². The number of amides is 1. The first-order valence-electron chi connectivity index (χ1n) is 10.8. The monoisotopic (exact) mass is 520 g/mol. The van der Waals surface area contributed by atoms with Crippen molar-refractivity contribution in [2.45, 2.75) is 24.8 Å². The van der Waals surface area contributed by atoms with Gasteiger partial charge in [-0.3, -0.25) is 0 Å². The van der Waals surface area contributed by atoms with Crippen molar-refractivity contribution in [3.8, 4) is 5.75 Å². The van der Waals surface area contributed by atoms with E-state index >= 15 is 0 Å². The molecule has 1 amide bonds. The van der Waals surface area contributed by atoms with Gasteiger partial charge in [-0.25, -0.2) is 26.9 Å². The van der Waals surface area contributed by atoms with Crippen LogP contribution in [0.25, 0.3) is 0 Å². The van der Waals surface area contributed by atoms with E-state index in [1.807, 2.05) is 0 Å². The third kappa shape index (κ3) is 6.01. The number of aromatic nitrogens is 1. The van der Waals surface area contributed by atoms with E-state index in [4.69, 9.17) is 4.74 Å². The van der Waals surface area contributed by atoms with E-state index in [1.165, 1.54) is 38.7 Å². The Balaban J connectivity index is 1.58. The van der Waals surface area contributed by atoms with Gasteiger partial charge in [0.25, 0.3) is 0 Å². The fourth-order valence-corrected chi connectivity index (χ4v) is 6.04. The molecule has 0 bridgehead atoms. The third-order valence-electron chi connectivity index (χ3n) is 5.72. The second-order valence-corrected chi connectivity index (χ2v) is 10.7. The number of anilines is 2. The molecular weight excluding hydrogens is 495 g/mol. The number of rotatable bonds is 9. The fraction of sp³-hybridized carbons (Fsp3) is 0.304. The minimum absolute atomic E-state index is 0.0657. The average Bonchev–Trinajstić information content (AvgIpc) is 3.52. The van der Waals surface area contributed by atoms with Crippen molar-refractivity contribution in [1.82, 2.24) is 9.88 Å². The first-order valence-corrected chi connectivity index (χ1v) is 13.3. The van der Waals surface area contributed by atoms with Crippen LogP contribution >= 0.6 is 11.3 Å². The van der Waals surface area contributed by atoms with Crippen molar-refractivity contribution in [3.63, 3.8) is 0 Å². The maximum atomic E-state index is 14.1. The summed E-state index contributed by atoms with van der Waals surface area (Å²) in [6.07, 6.45) is -0.481. The molecule has 9 nitrogen and oxygen atoms in total. The number of benzene rings is 2. The minimum atomic E-state index is -3.93. The second kappa shape index (κ2) is 10.5.